The SMILES string of the molecule is CCCCC/C=C\C/C=C\C/C=C\C/C=C\CCCC(=O)OC[C@H](COC(=O)CCCCCCCCC/C=C\CCCCCC)OC(=O)CCCCCCCCC/C=C\CCCCCCCC. The summed E-state index contributed by atoms with van der Waals surface area (Å²) >= 11 is 0. The van der Waals surface area contributed by atoms with Gasteiger partial charge in [-0.3, -0.25) is 14.4 Å². The van der Waals surface area contributed by atoms with Gasteiger partial charge in [0.15, 0.2) is 6.10 Å². The maximum absolute atomic E-state index is 12.8. The van der Waals surface area contributed by atoms with Gasteiger partial charge in [0, 0.05) is 19.3 Å². The molecule has 0 spiro atoms. The Morgan fingerprint density at radius 3 is 0.955 bits per heavy atom. The Hall–Kier alpha value is -3.15. The molecule has 0 amide bonds. The topological polar surface area (TPSA) is 78.9 Å². The minimum atomic E-state index is -0.801. The van der Waals surface area contributed by atoms with Crippen LogP contribution in [0, 0.1) is 0 Å². The molecule has 0 N–H and O–H groups in total. The number of unbranched alkanes of at least 4 members (excludes halogenated alkanes) is 28. The Labute approximate surface area is 414 Å². The standard InChI is InChI=1S/C61H106O6/c1-4-7-10-13-16-19-22-25-28-30-33-36-39-42-45-48-51-54-60(63)66-57-58(56-65-59(62)53-50-47-44-41-38-35-32-27-24-21-18-15-12-9-6-3)67-61(64)55-52-49-46-43-40-37-34-31-29-26-23-20-17-14-11-8-5-2/h16,19,21,24-26,28-29,33,36,42,45,58H,4-15,17-18,20,22-23,27,30-32,34-35,37-41,43-44,46-57H2,1-3H3/b19-16-,24-21-,28-25-,29-26-,36-33-,45-42-/t58-/m0/s1. The van der Waals surface area contributed by atoms with Gasteiger partial charge in [0.25, 0.3) is 0 Å². The van der Waals surface area contributed by atoms with Crippen molar-refractivity contribution in [3.63, 3.8) is 0 Å². The number of esters is 3. The summed E-state index contributed by atoms with van der Waals surface area (Å²) in [5, 5.41) is 0. The van der Waals surface area contributed by atoms with Crippen molar-refractivity contribution in [1.82, 2.24) is 0 Å². The number of hydrogen-bond acceptors (Lipinski definition) is 6. The molecule has 0 aromatic heterocycles. The van der Waals surface area contributed by atoms with Crippen LogP contribution in [0.1, 0.15) is 278 Å². The number of carbonyl (C=O) groups excluding carboxylic acids is 3. The van der Waals surface area contributed by atoms with Crippen molar-refractivity contribution in [2.75, 3.05) is 13.2 Å². The lowest BCUT2D eigenvalue weighted by Crippen LogP contribution is -2.30. The smallest absolute Gasteiger partial charge is 0.306 e. The Balaban J connectivity index is 4.47. The van der Waals surface area contributed by atoms with Crippen LogP contribution in [0.25, 0.3) is 0 Å². The van der Waals surface area contributed by atoms with E-state index < -0.39 is 6.10 Å². The molecule has 0 aliphatic carbocycles. The molecule has 0 radical (unpaired) electrons. The Kier molecular flexibility index (Phi) is 52.8. The van der Waals surface area contributed by atoms with Gasteiger partial charge in [0.05, 0.1) is 0 Å². The van der Waals surface area contributed by atoms with Gasteiger partial charge < -0.3 is 14.2 Å². The first kappa shape index (κ1) is 63.8. The fourth-order valence-corrected chi connectivity index (χ4v) is 7.84. The van der Waals surface area contributed by atoms with Crippen LogP contribution >= 0.6 is 0 Å². The van der Waals surface area contributed by atoms with Crippen LogP contribution in [0.5, 0.6) is 0 Å². The van der Waals surface area contributed by atoms with Gasteiger partial charge in [-0.15, -0.1) is 0 Å². The molecular formula is C61H106O6. The van der Waals surface area contributed by atoms with Gasteiger partial charge in [-0.05, 0) is 109 Å². The van der Waals surface area contributed by atoms with Gasteiger partial charge in [0.1, 0.15) is 13.2 Å². The number of ether oxygens (including phenoxy) is 3. The van der Waals surface area contributed by atoms with E-state index in [1.807, 2.05) is 0 Å². The van der Waals surface area contributed by atoms with E-state index >= 15 is 0 Å². The van der Waals surface area contributed by atoms with Crippen LogP contribution < -0.4 is 0 Å². The summed E-state index contributed by atoms with van der Waals surface area (Å²) < 4.78 is 16.8. The summed E-state index contributed by atoms with van der Waals surface area (Å²) in [6, 6.07) is 0. The molecule has 1 atom stereocenters. The highest BCUT2D eigenvalue weighted by atomic mass is 16.6. The molecule has 0 heterocycles. The van der Waals surface area contributed by atoms with Crippen LogP contribution in [0.3, 0.4) is 0 Å². The van der Waals surface area contributed by atoms with Crippen LogP contribution in [-0.4, -0.2) is 37.2 Å². The van der Waals surface area contributed by atoms with Crippen molar-refractivity contribution in [1.29, 1.82) is 0 Å². The molecule has 6 heteroatoms. The summed E-state index contributed by atoms with van der Waals surface area (Å²) in [6.07, 6.45) is 70.3. The predicted molar refractivity (Wildman–Crippen MR) is 288 cm³/mol. The van der Waals surface area contributed by atoms with Crippen LogP contribution in [0.15, 0.2) is 72.9 Å². The van der Waals surface area contributed by atoms with E-state index in [-0.39, 0.29) is 37.5 Å². The normalized spacial score (nSPS) is 12.6. The third-order valence-corrected chi connectivity index (χ3v) is 12.2. The number of hydrogen-bond donors (Lipinski definition) is 0. The highest BCUT2D eigenvalue weighted by molar-refractivity contribution is 5.71. The quantitative estimate of drug-likeness (QED) is 0.0262. The van der Waals surface area contributed by atoms with Gasteiger partial charge in [-0.1, -0.05) is 222 Å². The maximum atomic E-state index is 12.8. The molecule has 0 unspecified atom stereocenters. The van der Waals surface area contributed by atoms with E-state index in [9.17, 15) is 14.4 Å². The number of allylic oxidation sites excluding steroid dienone is 12. The molecule has 0 bridgehead atoms. The first-order chi connectivity index (χ1) is 33.0. The van der Waals surface area contributed by atoms with Crippen LogP contribution in [0.2, 0.25) is 0 Å². The zero-order valence-electron chi connectivity index (χ0n) is 44.2. The highest BCUT2D eigenvalue weighted by Gasteiger charge is 2.19. The fraction of sp³-hybridized carbons (Fsp3) is 0.754. The largest absolute Gasteiger partial charge is 0.462 e. The molecule has 0 aliphatic rings. The summed E-state index contributed by atoms with van der Waals surface area (Å²) in [4.78, 5) is 38.1. The third kappa shape index (κ3) is 53.7. The lowest BCUT2D eigenvalue weighted by molar-refractivity contribution is -0.167. The zero-order chi connectivity index (χ0) is 48.6. The lowest BCUT2D eigenvalue weighted by Gasteiger charge is -2.18. The Morgan fingerprint density at radius 2 is 0.552 bits per heavy atom. The summed E-state index contributed by atoms with van der Waals surface area (Å²) in [5.41, 5.74) is 0. The Morgan fingerprint density at radius 1 is 0.299 bits per heavy atom. The van der Waals surface area contributed by atoms with E-state index in [0.29, 0.717) is 19.3 Å². The molecule has 0 saturated heterocycles. The third-order valence-electron chi connectivity index (χ3n) is 12.2. The average molecular weight is 936 g/mol. The van der Waals surface area contributed by atoms with Gasteiger partial charge in [0.2, 0.25) is 0 Å². The monoisotopic (exact) mass is 935 g/mol. The fourth-order valence-electron chi connectivity index (χ4n) is 7.84. The van der Waals surface area contributed by atoms with Crippen molar-refractivity contribution in [2.45, 2.75) is 284 Å². The second kappa shape index (κ2) is 55.4. The molecule has 386 valence electrons. The van der Waals surface area contributed by atoms with Crippen LogP contribution in [-0.2, 0) is 28.6 Å². The molecule has 67 heavy (non-hydrogen) atoms. The van der Waals surface area contributed by atoms with Crippen molar-refractivity contribution in [3.05, 3.63) is 72.9 Å². The molecule has 0 fully saturated rings. The lowest BCUT2D eigenvalue weighted by atomic mass is 10.1. The van der Waals surface area contributed by atoms with E-state index in [1.165, 1.54) is 167 Å². The summed E-state index contributed by atoms with van der Waals surface area (Å²) in [7, 11) is 0. The predicted octanol–water partition coefficient (Wildman–Crippen LogP) is 19.0. The first-order valence-corrected chi connectivity index (χ1v) is 28.4. The number of carbonyl (C=O) groups is 3. The molecule has 0 aromatic carbocycles. The Bertz CT molecular complexity index is 1260. The zero-order valence-corrected chi connectivity index (χ0v) is 44.2. The number of rotatable bonds is 51. The van der Waals surface area contributed by atoms with Crippen molar-refractivity contribution in [2.24, 2.45) is 0 Å². The van der Waals surface area contributed by atoms with Gasteiger partial charge >= 0.3 is 17.9 Å². The van der Waals surface area contributed by atoms with Gasteiger partial charge in [-0.2, -0.15) is 0 Å². The second-order valence-electron chi connectivity index (χ2n) is 18.8. The van der Waals surface area contributed by atoms with Gasteiger partial charge in [-0.25, -0.2) is 0 Å². The van der Waals surface area contributed by atoms with Crippen molar-refractivity contribution >= 4 is 17.9 Å². The summed E-state index contributed by atoms with van der Waals surface area (Å²) in [5.74, 6) is -0.956. The molecular weight excluding hydrogens is 829 g/mol. The molecule has 0 aliphatic heterocycles. The maximum Gasteiger partial charge on any atom is 0.306 e. The highest BCUT2D eigenvalue weighted by Crippen LogP contribution is 2.14. The van der Waals surface area contributed by atoms with E-state index in [2.05, 4.69) is 93.7 Å². The van der Waals surface area contributed by atoms with Crippen LogP contribution in [0.4, 0.5) is 0 Å². The first-order valence-electron chi connectivity index (χ1n) is 28.4. The molecule has 0 rings (SSSR count). The minimum absolute atomic E-state index is 0.0957. The molecule has 0 saturated carbocycles. The van der Waals surface area contributed by atoms with E-state index in [0.717, 1.165) is 64.2 Å². The minimum Gasteiger partial charge on any atom is -0.462 e. The van der Waals surface area contributed by atoms with E-state index in [4.69, 9.17) is 14.2 Å². The van der Waals surface area contributed by atoms with E-state index in [1.54, 1.807) is 0 Å². The second-order valence-corrected chi connectivity index (χ2v) is 18.8. The average Bonchev–Trinajstić information content (AvgIpc) is 3.33. The van der Waals surface area contributed by atoms with Crippen molar-refractivity contribution in [3.8, 4) is 0 Å². The molecule has 6 nitrogen and oxygen atoms in total. The molecule has 0 aromatic rings. The summed E-state index contributed by atoms with van der Waals surface area (Å²) in [6.45, 7) is 6.56. The van der Waals surface area contributed by atoms with Crippen molar-refractivity contribution < 1.29 is 28.6 Å².